The summed E-state index contributed by atoms with van der Waals surface area (Å²) in [5, 5.41) is 3.11. The molecule has 156 valence electrons. The Balaban J connectivity index is 1.90. The van der Waals surface area contributed by atoms with Crippen molar-refractivity contribution in [3.63, 3.8) is 0 Å². The number of nitrogens with zero attached hydrogens (tertiary/aromatic N) is 1. The van der Waals surface area contributed by atoms with Gasteiger partial charge in [0.1, 0.15) is 0 Å². The van der Waals surface area contributed by atoms with Crippen LogP contribution in [0.3, 0.4) is 0 Å². The molecule has 0 radical (unpaired) electrons. The minimum atomic E-state index is -0.443. The van der Waals surface area contributed by atoms with E-state index in [1.165, 1.54) is 0 Å². The summed E-state index contributed by atoms with van der Waals surface area (Å²) in [6, 6.07) is 17.6. The van der Waals surface area contributed by atoms with Crippen molar-refractivity contribution in [3.05, 3.63) is 65.7 Å². The van der Waals surface area contributed by atoms with Crippen molar-refractivity contribution < 1.29 is 14.3 Å². The largest absolute Gasteiger partial charge is 0.380 e. The number of amides is 2. The normalized spacial score (nSPS) is 19.7. The van der Waals surface area contributed by atoms with Gasteiger partial charge in [0.2, 0.25) is 0 Å². The number of para-hydroxylation sites is 1. The Labute approximate surface area is 174 Å². The Hall–Kier alpha value is -2.37. The summed E-state index contributed by atoms with van der Waals surface area (Å²) >= 11 is 0. The van der Waals surface area contributed by atoms with Gasteiger partial charge < -0.3 is 19.7 Å². The van der Waals surface area contributed by atoms with Crippen LogP contribution in [0.1, 0.15) is 45.2 Å². The summed E-state index contributed by atoms with van der Waals surface area (Å²) in [5.41, 5.74) is 2.09. The van der Waals surface area contributed by atoms with Crippen molar-refractivity contribution >= 4 is 11.7 Å². The zero-order chi connectivity index (χ0) is 21.1. The molecule has 5 nitrogen and oxygen atoms in total. The van der Waals surface area contributed by atoms with Crippen LogP contribution in [0.25, 0.3) is 0 Å². The highest BCUT2D eigenvalue weighted by atomic mass is 16.5. The molecular formula is C24H32N2O3. The zero-order valence-electron chi connectivity index (χ0n) is 18.1. The monoisotopic (exact) mass is 396 g/mol. The quantitative estimate of drug-likeness (QED) is 0.729. The van der Waals surface area contributed by atoms with Crippen LogP contribution in [0, 0.1) is 0 Å². The molecule has 0 spiro atoms. The van der Waals surface area contributed by atoms with E-state index in [0.29, 0.717) is 13.2 Å². The van der Waals surface area contributed by atoms with E-state index in [2.05, 4.69) is 33.0 Å². The van der Waals surface area contributed by atoms with Crippen molar-refractivity contribution in [2.75, 3.05) is 12.4 Å². The van der Waals surface area contributed by atoms with Gasteiger partial charge in [-0.05, 0) is 45.7 Å². The van der Waals surface area contributed by atoms with Crippen LogP contribution in [0.4, 0.5) is 10.5 Å². The summed E-state index contributed by atoms with van der Waals surface area (Å²) in [6.07, 6.45) is 0.778. The summed E-state index contributed by atoms with van der Waals surface area (Å²) in [4.78, 5) is 15.4. The smallest absolute Gasteiger partial charge is 0.322 e. The fourth-order valence-electron chi connectivity index (χ4n) is 4.23. The Kier molecular flexibility index (Phi) is 6.30. The highest BCUT2D eigenvalue weighted by Crippen LogP contribution is 2.41. The van der Waals surface area contributed by atoms with Gasteiger partial charge in [-0.3, -0.25) is 0 Å². The lowest BCUT2D eigenvalue weighted by Gasteiger charge is -2.36. The number of carbonyl (C=O) groups is 1. The van der Waals surface area contributed by atoms with E-state index in [1.807, 2.05) is 59.5 Å². The molecule has 1 saturated heterocycles. The van der Waals surface area contributed by atoms with Gasteiger partial charge in [-0.2, -0.15) is 0 Å². The summed E-state index contributed by atoms with van der Waals surface area (Å²) in [5.74, 6) is 0. The number of ether oxygens (including phenoxy) is 2. The number of carbonyl (C=O) groups excluding carboxylic acids is 1. The zero-order valence-corrected chi connectivity index (χ0v) is 18.1. The first-order valence-corrected chi connectivity index (χ1v) is 10.1. The van der Waals surface area contributed by atoms with Crippen molar-refractivity contribution in [1.29, 1.82) is 0 Å². The fourth-order valence-corrected chi connectivity index (χ4v) is 4.23. The molecule has 0 aromatic heterocycles. The maximum atomic E-state index is 13.5. The minimum absolute atomic E-state index is 0.0488. The maximum absolute atomic E-state index is 13.5. The summed E-state index contributed by atoms with van der Waals surface area (Å²) < 4.78 is 11.6. The number of benzene rings is 2. The van der Waals surface area contributed by atoms with E-state index >= 15 is 0 Å². The first kappa shape index (κ1) is 21.3. The first-order valence-electron chi connectivity index (χ1n) is 10.1. The lowest BCUT2D eigenvalue weighted by molar-refractivity contribution is -0.0773. The average Bonchev–Trinajstić information content (AvgIpc) is 2.89. The van der Waals surface area contributed by atoms with Crippen molar-refractivity contribution in [3.8, 4) is 0 Å². The molecule has 1 atom stereocenters. The first-order chi connectivity index (χ1) is 13.7. The van der Waals surface area contributed by atoms with Crippen LogP contribution in [0.15, 0.2) is 54.6 Å². The van der Waals surface area contributed by atoms with Crippen LogP contribution in [-0.4, -0.2) is 35.3 Å². The predicted molar refractivity (Wildman–Crippen MR) is 116 cm³/mol. The van der Waals surface area contributed by atoms with Crippen LogP contribution < -0.4 is 5.32 Å². The lowest BCUT2D eigenvalue weighted by Crippen LogP contribution is -2.50. The molecule has 1 heterocycles. The Bertz CT molecular complexity index is 833. The SMILES string of the molecule is COCc1ccccc1NC(=O)N(Cc1ccccc1)[C@H]1CC(C)(C)OC1(C)C. The molecule has 2 aromatic carbocycles. The van der Waals surface area contributed by atoms with Crippen LogP contribution in [-0.2, 0) is 22.6 Å². The number of rotatable bonds is 6. The molecule has 1 N–H and O–H groups in total. The van der Waals surface area contributed by atoms with E-state index in [9.17, 15) is 4.79 Å². The van der Waals surface area contributed by atoms with Crippen molar-refractivity contribution in [2.24, 2.45) is 0 Å². The molecule has 0 aliphatic carbocycles. The van der Waals surface area contributed by atoms with Crippen molar-refractivity contribution in [1.82, 2.24) is 4.90 Å². The molecular weight excluding hydrogens is 364 g/mol. The topological polar surface area (TPSA) is 50.8 Å². The predicted octanol–water partition coefficient (Wildman–Crippen LogP) is 5.21. The van der Waals surface area contributed by atoms with Gasteiger partial charge >= 0.3 is 6.03 Å². The van der Waals surface area contributed by atoms with E-state index in [1.54, 1.807) is 7.11 Å². The molecule has 3 rings (SSSR count). The van der Waals surface area contributed by atoms with Crippen molar-refractivity contribution in [2.45, 2.75) is 64.5 Å². The molecule has 0 saturated carbocycles. The second-order valence-corrected chi connectivity index (χ2v) is 8.82. The standard InChI is InChI=1S/C24H32N2O3/c1-23(2)15-21(24(3,4)29-23)26(16-18-11-7-6-8-12-18)22(27)25-20-14-10-9-13-19(20)17-28-5/h6-14,21H,15-17H2,1-5H3,(H,25,27)/t21-/m0/s1. The van der Waals surface area contributed by atoms with E-state index in [-0.39, 0.29) is 17.7 Å². The third-order valence-electron chi connectivity index (χ3n) is 5.42. The van der Waals surface area contributed by atoms with E-state index in [0.717, 1.165) is 23.2 Å². The Morgan fingerprint density at radius 2 is 1.76 bits per heavy atom. The molecule has 5 heteroatoms. The third-order valence-corrected chi connectivity index (χ3v) is 5.42. The number of urea groups is 1. The van der Waals surface area contributed by atoms with Gasteiger partial charge in [0.15, 0.2) is 0 Å². The number of methoxy groups -OCH3 is 1. The third kappa shape index (κ3) is 5.17. The van der Waals surface area contributed by atoms with E-state index < -0.39 is 5.60 Å². The Morgan fingerprint density at radius 1 is 1.10 bits per heavy atom. The van der Waals surface area contributed by atoms with E-state index in [4.69, 9.17) is 9.47 Å². The molecule has 2 aromatic rings. The maximum Gasteiger partial charge on any atom is 0.322 e. The number of hydrogen-bond donors (Lipinski definition) is 1. The van der Waals surface area contributed by atoms with Gasteiger partial charge in [-0.25, -0.2) is 4.79 Å². The second kappa shape index (κ2) is 8.56. The second-order valence-electron chi connectivity index (χ2n) is 8.82. The average molecular weight is 397 g/mol. The van der Waals surface area contributed by atoms with Gasteiger partial charge in [0.25, 0.3) is 0 Å². The van der Waals surface area contributed by atoms with Gasteiger partial charge in [-0.15, -0.1) is 0 Å². The van der Waals surface area contributed by atoms with Gasteiger partial charge in [-0.1, -0.05) is 48.5 Å². The van der Waals surface area contributed by atoms with Crippen LogP contribution in [0.5, 0.6) is 0 Å². The molecule has 1 fully saturated rings. The number of anilines is 1. The summed E-state index contributed by atoms with van der Waals surface area (Å²) in [6.45, 7) is 9.27. The van der Waals surface area contributed by atoms with Crippen LogP contribution in [0.2, 0.25) is 0 Å². The molecule has 1 aliphatic heterocycles. The molecule has 0 bridgehead atoms. The molecule has 1 aliphatic rings. The highest BCUT2D eigenvalue weighted by molar-refractivity contribution is 5.90. The molecule has 2 amide bonds. The van der Waals surface area contributed by atoms with Gasteiger partial charge in [0, 0.05) is 24.9 Å². The number of nitrogens with one attached hydrogen (secondary N) is 1. The fraction of sp³-hybridized carbons (Fsp3) is 0.458. The lowest BCUT2D eigenvalue weighted by atomic mass is 9.92. The number of hydrogen-bond acceptors (Lipinski definition) is 3. The Morgan fingerprint density at radius 3 is 2.38 bits per heavy atom. The van der Waals surface area contributed by atoms with Crippen LogP contribution >= 0.6 is 0 Å². The van der Waals surface area contributed by atoms with Gasteiger partial charge in [0.05, 0.1) is 23.9 Å². The molecule has 0 unspecified atom stereocenters. The minimum Gasteiger partial charge on any atom is -0.380 e. The molecule has 29 heavy (non-hydrogen) atoms. The highest BCUT2D eigenvalue weighted by Gasteiger charge is 2.49. The summed E-state index contributed by atoms with van der Waals surface area (Å²) in [7, 11) is 1.65.